The molecule has 3 heterocycles. The van der Waals surface area contributed by atoms with Crippen molar-refractivity contribution in [3.05, 3.63) is 29.3 Å². The van der Waals surface area contributed by atoms with Gasteiger partial charge in [-0.25, -0.2) is 0 Å². The number of carbonyl (C=O) groups excluding carboxylic acids is 1. The minimum atomic E-state index is -0.00167. The fourth-order valence-electron chi connectivity index (χ4n) is 3.06. The highest BCUT2D eigenvalue weighted by molar-refractivity contribution is 6.02. The van der Waals surface area contributed by atoms with E-state index in [1.165, 1.54) is 0 Å². The molecule has 4 heteroatoms. The first-order valence-electron chi connectivity index (χ1n) is 6.84. The molecule has 4 rings (SSSR count). The fraction of sp³-hybridized carbons (Fsp3) is 0.533. The van der Waals surface area contributed by atoms with Gasteiger partial charge in [-0.05, 0) is 19.1 Å². The van der Waals surface area contributed by atoms with Crippen LogP contribution in [0.15, 0.2) is 18.2 Å². The predicted molar refractivity (Wildman–Crippen MR) is 73.9 cm³/mol. The average Bonchev–Trinajstić information content (AvgIpc) is 2.47. The molecule has 0 N–H and O–H groups in total. The Kier molecular flexibility index (Phi) is 3.29. The zero-order chi connectivity index (χ0) is 13.4. The van der Waals surface area contributed by atoms with E-state index >= 15 is 0 Å². The summed E-state index contributed by atoms with van der Waals surface area (Å²) in [5, 5.41) is 0. The van der Waals surface area contributed by atoms with Crippen molar-refractivity contribution in [1.82, 2.24) is 9.80 Å². The quantitative estimate of drug-likeness (QED) is 0.764. The van der Waals surface area contributed by atoms with Crippen LogP contribution in [0.25, 0.3) is 0 Å². The van der Waals surface area contributed by atoms with Crippen molar-refractivity contribution in [3.63, 3.8) is 0 Å². The van der Waals surface area contributed by atoms with Crippen molar-refractivity contribution in [1.29, 1.82) is 0 Å². The summed E-state index contributed by atoms with van der Waals surface area (Å²) >= 11 is 0. The number of aryl methyl sites for hydroxylation is 1. The van der Waals surface area contributed by atoms with Gasteiger partial charge in [0.25, 0.3) is 0 Å². The Morgan fingerprint density at radius 3 is 2.58 bits per heavy atom. The van der Waals surface area contributed by atoms with Crippen LogP contribution in [0.1, 0.15) is 15.9 Å². The SMILES string of the molecule is COc1ccc(C)cc1C(=O)C1CN2CCN1CC2. The maximum absolute atomic E-state index is 12.8. The van der Waals surface area contributed by atoms with Gasteiger partial charge in [0.2, 0.25) is 0 Å². The molecule has 2 bridgehead atoms. The maximum Gasteiger partial charge on any atom is 0.184 e. The first-order chi connectivity index (χ1) is 9.19. The smallest absolute Gasteiger partial charge is 0.184 e. The van der Waals surface area contributed by atoms with Crippen molar-refractivity contribution < 1.29 is 9.53 Å². The van der Waals surface area contributed by atoms with Gasteiger partial charge in [-0.1, -0.05) is 11.6 Å². The summed E-state index contributed by atoms with van der Waals surface area (Å²) < 4.78 is 5.34. The number of Topliss-reactive ketones (excluding diaryl/α,β-unsaturated/α-hetero) is 1. The van der Waals surface area contributed by atoms with Gasteiger partial charge in [0.15, 0.2) is 5.78 Å². The Morgan fingerprint density at radius 1 is 1.26 bits per heavy atom. The number of piperazine rings is 3. The number of methoxy groups -OCH3 is 1. The molecule has 4 nitrogen and oxygen atoms in total. The average molecular weight is 260 g/mol. The Hall–Kier alpha value is -1.39. The highest BCUT2D eigenvalue weighted by Gasteiger charge is 2.37. The van der Waals surface area contributed by atoms with E-state index < -0.39 is 0 Å². The Morgan fingerprint density at radius 2 is 2.00 bits per heavy atom. The van der Waals surface area contributed by atoms with E-state index in [9.17, 15) is 4.79 Å². The standard InChI is InChI=1S/C15H20N2O2/c1-11-3-4-14(19-2)12(9-11)15(18)13-10-16-5-7-17(13)8-6-16/h3-4,9,13H,5-8,10H2,1-2H3. The molecule has 0 aliphatic carbocycles. The first kappa shape index (κ1) is 12.6. The summed E-state index contributed by atoms with van der Waals surface area (Å²) in [6.45, 7) is 7.06. The Bertz CT molecular complexity index is 493. The van der Waals surface area contributed by atoms with E-state index in [-0.39, 0.29) is 11.8 Å². The lowest BCUT2D eigenvalue weighted by atomic mass is 9.96. The van der Waals surface area contributed by atoms with Gasteiger partial charge in [-0.2, -0.15) is 0 Å². The van der Waals surface area contributed by atoms with Gasteiger partial charge in [0, 0.05) is 32.7 Å². The normalized spacial score (nSPS) is 29.3. The van der Waals surface area contributed by atoms with Gasteiger partial charge >= 0.3 is 0 Å². The van der Waals surface area contributed by atoms with Crippen LogP contribution >= 0.6 is 0 Å². The van der Waals surface area contributed by atoms with Crippen molar-refractivity contribution >= 4 is 5.78 Å². The highest BCUT2D eigenvalue weighted by Crippen LogP contribution is 2.25. The largest absolute Gasteiger partial charge is 0.496 e. The number of nitrogens with zero attached hydrogens (tertiary/aromatic N) is 2. The van der Waals surface area contributed by atoms with Crippen LogP contribution in [0.4, 0.5) is 0 Å². The minimum absolute atomic E-state index is 0.00167. The molecule has 0 saturated carbocycles. The lowest BCUT2D eigenvalue weighted by Gasteiger charge is -2.46. The Balaban J connectivity index is 1.89. The molecular formula is C15H20N2O2. The number of rotatable bonds is 3. The second-order valence-electron chi connectivity index (χ2n) is 5.42. The minimum Gasteiger partial charge on any atom is -0.496 e. The molecule has 1 atom stereocenters. The summed E-state index contributed by atoms with van der Waals surface area (Å²) in [5.41, 5.74) is 1.82. The molecule has 3 saturated heterocycles. The van der Waals surface area contributed by atoms with Crippen LogP contribution in [0.5, 0.6) is 5.75 Å². The molecule has 3 aliphatic heterocycles. The van der Waals surface area contributed by atoms with Crippen LogP contribution in [-0.4, -0.2) is 61.5 Å². The van der Waals surface area contributed by atoms with E-state index in [1.54, 1.807) is 7.11 Å². The summed E-state index contributed by atoms with van der Waals surface area (Å²) in [7, 11) is 1.62. The van der Waals surface area contributed by atoms with Crippen molar-refractivity contribution in [3.8, 4) is 5.75 Å². The van der Waals surface area contributed by atoms with Gasteiger partial charge in [0.1, 0.15) is 5.75 Å². The van der Waals surface area contributed by atoms with Crippen molar-refractivity contribution in [2.24, 2.45) is 0 Å². The van der Waals surface area contributed by atoms with E-state index in [0.717, 1.165) is 43.9 Å². The van der Waals surface area contributed by atoms with Crippen LogP contribution in [-0.2, 0) is 0 Å². The van der Waals surface area contributed by atoms with Crippen LogP contribution < -0.4 is 4.74 Å². The molecular weight excluding hydrogens is 240 g/mol. The second-order valence-corrected chi connectivity index (χ2v) is 5.42. The van der Waals surface area contributed by atoms with Crippen LogP contribution in [0, 0.1) is 6.92 Å². The molecule has 0 spiro atoms. The van der Waals surface area contributed by atoms with Gasteiger partial charge in [-0.15, -0.1) is 0 Å². The second kappa shape index (κ2) is 4.94. The third-order valence-electron chi connectivity index (χ3n) is 4.20. The highest BCUT2D eigenvalue weighted by atomic mass is 16.5. The third-order valence-corrected chi connectivity index (χ3v) is 4.20. The number of ketones is 1. The molecule has 102 valence electrons. The molecule has 1 aromatic rings. The monoisotopic (exact) mass is 260 g/mol. The van der Waals surface area contributed by atoms with Crippen molar-refractivity contribution in [2.45, 2.75) is 13.0 Å². The van der Waals surface area contributed by atoms with Gasteiger partial charge in [-0.3, -0.25) is 14.6 Å². The van der Waals surface area contributed by atoms with E-state index in [4.69, 9.17) is 4.74 Å². The summed E-state index contributed by atoms with van der Waals surface area (Å²) in [4.78, 5) is 17.5. The molecule has 0 radical (unpaired) electrons. The lowest BCUT2D eigenvalue weighted by molar-refractivity contribution is 0.0158. The fourth-order valence-corrected chi connectivity index (χ4v) is 3.06. The van der Waals surface area contributed by atoms with E-state index in [2.05, 4.69) is 9.80 Å². The summed E-state index contributed by atoms with van der Waals surface area (Å²) in [6, 6.07) is 5.81. The molecule has 3 aliphatic rings. The topological polar surface area (TPSA) is 32.8 Å². The van der Waals surface area contributed by atoms with Crippen molar-refractivity contribution in [2.75, 3.05) is 39.8 Å². The number of ether oxygens (including phenoxy) is 1. The number of hydrogen-bond acceptors (Lipinski definition) is 4. The number of hydrogen-bond donors (Lipinski definition) is 0. The first-order valence-corrected chi connectivity index (χ1v) is 6.84. The predicted octanol–water partition coefficient (Wildman–Crippen LogP) is 1.19. The molecule has 3 fully saturated rings. The zero-order valence-corrected chi connectivity index (χ0v) is 11.6. The molecule has 0 amide bonds. The number of fused-ring (bicyclic) bond motifs is 3. The van der Waals surface area contributed by atoms with Gasteiger partial charge < -0.3 is 4.74 Å². The Labute approximate surface area is 113 Å². The zero-order valence-electron chi connectivity index (χ0n) is 11.6. The maximum atomic E-state index is 12.8. The van der Waals surface area contributed by atoms with Crippen LogP contribution in [0.3, 0.4) is 0 Å². The third kappa shape index (κ3) is 2.26. The summed E-state index contributed by atoms with van der Waals surface area (Å²) in [5.74, 6) is 0.887. The number of carbonyl (C=O) groups is 1. The lowest BCUT2D eigenvalue weighted by Crippen LogP contribution is -2.63. The molecule has 0 aromatic heterocycles. The molecule has 1 aromatic carbocycles. The van der Waals surface area contributed by atoms with Gasteiger partial charge in [0.05, 0.1) is 18.7 Å². The molecule has 19 heavy (non-hydrogen) atoms. The van der Waals surface area contributed by atoms with Crippen LogP contribution in [0.2, 0.25) is 0 Å². The number of benzene rings is 1. The molecule has 1 unspecified atom stereocenters. The van der Waals surface area contributed by atoms with E-state index in [1.807, 2.05) is 25.1 Å². The van der Waals surface area contributed by atoms with E-state index in [0.29, 0.717) is 5.75 Å². The summed E-state index contributed by atoms with van der Waals surface area (Å²) in [6.07, 6.45) is 0.